The molecule has 118 valence electrons. The van der Waals surface area contributed by atoms with Gasteiger partial charge < -0.3 is 0 Å². The smallest absolute Gasteiger partial charge is 0.205 e. The van der Waals surface area contributed by atoms with Crippen molar-refractivity contribution in [2.45, 2.75) is 12.6 Å². The molecule has 0 fully saturated rings. The van der Waals surface area contributed by atoms with Crippen molar-refractivity contribution < 1.29 is 22.0 Å². The lowest BCUT2D eigenvalue weighted by atomic mass is 9.97. The third-order valence-electron chi connectivity index (χ3n) is 2.88. The Bertz CT molecular complexity index is 687. The summed E-state index contributed by atoms with van der Waals surface area (Å²) in [4.78, 5) is 0. The zero-order valence-corrected chi connectivity index (χ0v) is 12.8. The van der Waals surface area contributed by atoms with Crippen LogP contribution in [0.25, 0.3) is 11.1 Å². The minimum absolute atomic E-state index is 0.104. The topological polar surface area (TPSA) is 0 Å². The maximum absolute atomic E-state index is 13.2. The predicted octanol–water partition coefficient (Wildman–Crippen LogP) is 7.27. The number of halogens is 8. The largest absolute Gasteiger partial charge is 0.417 e. The molecule has 0 N–H and O–H groups in total. The summed E-state index contributed by atoms with van der Waals surface area (Å²) in [5.41, 5.74) is -2.47. The molecule has 0 spiro atoms. The van der Waals surface area contributed by atoms with E-state index in [0.717, 1.165) is 12.1 Å². The summed E-state index contributed by atoms with van der Waals surface area (Å²) in [6.07, 6.45) is -7.86. The highest BCUT2D eigenvalue weighted by Gasteiger charge is 2.35. The quantitative estimate of drug-likeness (QED) is 0.484. The van der Waals surface area contributed by atoms with Gasteiger partial charge in [0.1, 0.15) is 0 Å². The van der Waals surface area contributed by atoms with Gasteiger partial charge in [0.2, 0.25) is 0 Å². The minimum atomic E-state index is -4.84. The van der Waals surface area contributed by atoms with E-state index < -0.39 is 23.7 Å². The van der Waals surface area contributed by atoms with Crippen molar-refractivity contribution in [3.63, 3.8) is 0 Å². The number of hydrogen-bond donors (Lipinski definition) is 0. The molecule has 0 aromatic heterocycles. The van der Waals surface area contributed by atoms with Crippen molar-refractivity contribution in [2.75, 3.05) is 0 Å². The molecule has 22 heavy (non-hydrogen) atoms. The van der Waals surface area contributed by atoms with Crippen molar-refractivity contribution in [1.29, 1.82) is 0 Å². The highest BCUT2D eigenvalue weighted by Crippen LogP contribution is 2.44. The molecule has 0 saturated heterocycles. The molecule has 0 aliphatic rings. The van der Waals surface area contributed by atoms with Crippen molar-refractivity contribution in [3.8, 4) is 11.1 Å². The number of rotatable bonds is 2. The van der Waals surface area contributed by atoms with Gasteiger partial charge in [0.25, 0.3) is 6.43 Å². The van der Waals surface area contributed by atoms with Gasteiger partial charge >= 0.3 is 6.18 Å². The average molecular weight is 376 g/mol. The minimum Gasteiger partial charge on any atom is -0.205 e. The fourth-order valence-corrected chi connectivity index (χ4v) is 2.97. The van der Waals surface area contributed by atoms with E-state index in [9.17, 15) is 22.0 Å². The Balaban J connectivity index is 2.76. The van der Waals surface area contributed by atoms with Crippen molar-refractivity contribution in [2.24, 2.45) is 0 Å². The maximum atomic E-state index is 13.2. The third kappa shape index (κ3) is 3.47. The van der Waals surface area contributed by atoms with E-state index in [1.54, 1.807) is 0 Å². The molecule has 0 unspecified atom stereocenters. The van der Waals surface area contributed by atoms with Gasteiger partial charge in [0, 0.05) is 16.1 Å². The first-order chi connectivity index (χ1) is 10.1. The van der Waals surface area contributed by atoms with E-state index >= 15 is 0 Å². The number of hydrogen-bond acceptors (Lipinski definition) is 0. The Labute approximate surface area is 137 Å². The fourth-order valence-electron chi connectivity index (χ4n) is 1.95. The molecule has 8 heteroatoms. The Morgan fingerprint density at radius 1 is 0.864 bits per heavy atom. The van der Waals surface area contributed by atoms with Crippen molar-refractivity contribution in [3.05, 3.63) is 56.5 Å². The fraction of sp³-hybridized carbons (Fsp3) is 0.143. The summed E-state index contributed by atoms with van der Waals surface area (Å²) in [6.45, 7) is 0. The number of alkyl halides is 5. The summed E-state index contributed by atoms with van der Waals surface area (Å²) in [6, 6.07) is 4.67. The predicted molar refractivity (Wildman–Crippen MR) is 76.9 cm³/mol. The standard InChI is InChI=1S/C14H6Cl3F5/c15-7-4-10(16)12(11(17)5-7)8-2-1-6(13(18)19)3-9(8)14(20,21)22/h1-5,13H. The molecule has 0 amide bonds. The van der Waals surface area contributed by atoms with Gasteiger partial charge in [-0.1, -0.05) is 46.9 Å². The van der Waals surface area contributed by atoms with Gasteiger partial charge in [-0.3, -0.25) is 0 Å². The van der Waals surface area contributed by atoms with E-state index in [0.29, 0.717) is 6.07 Å². The lowest BCUT2D eigenvalue weighted by molar-refractivity contribution is -0.137. The van der Waals surface area contributed by atoms with Gasteiger partial charge in [-0.25, -0.2) is 8.78 Å². The first kappa shape index (κ1) is 17.3. The van der Waals surface area contributed by atoms with Crippen LogP contribution in [0.4, 0.5) is 22.0 Å². The number of benzene rings is 2. The molecule has 2 rings (SSSR count). The Hall–Kier alpha value is -1.04. The SMILES string of the molecule is FC(F)c1ccc(-c2c(Cl)cc(Cl)cc2Cl)c(C(F)(F)F)c1. The summed E-state index contributed by atoms with van der Waals surface area (Å²) in [7, 11) is 0. The Morgan fingerprint density at radius 2 is 1.41 bits per heavy atom. The zero-order valence-electron chi connectivity index (χ0n) is 10.5. The van der Waals surface area contributed by atoms with Gasteiger partial charge in [-0.05, 0) is 23.8 Å². The molecule has 2 aromatic rings. The maximum Gasteiger partial charge on any atom is 0.417 e. The summed E-state index contributed by atoms with van der Waals surface area (Å²) in [5, 5.41) is -0.0582. The van der Waals surface area contributed by atoms with Gasteiger partial charge in [-0.15, -0.1) is 0 Å². The van der Waals surface area contributed by atoms with Crippen molar-refractivity contribution in [1.82, 2.24) is 0 Å². The van der Waals surface area contributed by atoms with E-state index in [1.807, 2.05) is 0 Å². The summed E-state index contributed by atoms with van der Waals surface area (Å²) >= 11 is 17.5. The second-order valence-electron chi connectivity index (χ2n) is 4.35. The van der Waals surface area contributed by atoms with Gasteiger partial charge in [0.05, 0.1) is 15.6 Å². The molecule has 0 heterocycles. The normalized spacial score (nSPS) is 12.0. The van der Waals surface area contributed by atoms with E-state index in [2.05, 4.69) is 0 Å². The molecule has 0 bridgehead atoms. The second kappa shape index (κ2) is 6.22. The molecule has 0 aliphatic heterocycles. The van der Waals surface area contributed by atoms with Crippen LogP contribution >= 0.6 is 34.8 Å². The van der Waals surface area contributed by atoms with Crippen LogP contribution in [-0.4, -0.2) is 0 Å². The molecule has 0 nitrogen and oxygen atoms in total. The summed E-state index contributed by atoms with van der Waals surface area (Å²) in [5.74, 6) is 0. The Kier molecular flexibility index (Phi) is 4.90. The molecule has 0 radical (unpaired) electrons. The van der Waals surface area contributed by atoms with Gasteiger partial charge in [0.15, 0.2) is 0 Å². The molecule has 0 aliphatic carbocycles. The van der Waals surface area contributed by atoms with E-state index in [1.165, 1.54) is 12.1 Å². The molecule has 2 aromatic carbocycles. The van der Waals surface area contributed by atoms with Crippen LogP contribution < -0.4 is 0 Å². The van der Waals surface area contributed by atoms with Crippen LogP contribution in [0, 0.1) is 0 Å². The molecular weight excluding hydrogens is 370 g/mol. The lowest BCUT2D eigenvalue weighted by Crippen LogP contribution is -2.08. The highest BCUT2D eigenvalue weighted by molar-refractivity contribution is 6.41. The molecular formula is C14H6Cl3F5. The van der Waals surface area contributed by atoms with Crippen LogP contribution in [0.2, 0.25) is 15.1 Å². The van der Waals surface area contributed by atoms with Crippen molar-refractivity contribution >= 4 is 34.8 Å². The lowest BCUT2D eigenvalue weighted by Gasteiger charge is -2.17. The molecule has 0 saturated carbocycles. The average Bonchev–Trinajstić information content (AvgIpc) is 2.36. The highest BCUT2D eigenvalue weighted by atomic mass is 35.5. The van der Waals surface area contributed by atoms with Crippen LogP contribution in [0.5, 0.6) is 0 Å². The van der Waals surface area contributed by atoms with Crippen LogP contribution in [0.3, 0.4) is 0 Å². The van der Waals surface area contributed by atoms with E-state index in [-0.39, 0.29) is 26.2 Å². The molecule has 0 atom stereocenters. The monoisotopic (exact) mass is 374 g/mol. The Morgan fingerprint density at radius 3 is 1.86 bits per heavy atom. The first-order valence-corrected chi connectivity index (χ1v) is 6.89. The third-order valence-corrected chi connectivity index (χ3v) is 3.69. The second-order valence-corrected chi connectivity index (χ2v) is 5.60. The van der Waals surface area contributed by atoms with Crippen LogP contribution in [0.15, 0.2) is 30.3 Å². The van der Waals surface area contributed by atoms with Gasteiger partial charge in [-0.2, -0.15) is 13.2 Å². The first-order valence-electron chi connectivity index (χ1n) is 5.75. The van der Waals surface area contributed by atoms with Crippen LogP contribution in [-0.2, 0) is 6.18 Å². The van der Waals surface area contributed by atoms with Crippen LogP contribution in [0.1, 0.15) is 17.6 Å². The van der Waals surface area contributed by atoms with E-state index in [4.69, 9.17) is 34.8 Å². The summed E-state index contributed by atoms with van der Waals surface area (Å²) < 4.78 is 64.8. The zero-order chi connectivity index (χ0) is 16.7.